The maximum Gasteiger partial charge on any atom is 0.149 e. The highest BCUT2D eigenvalue weighted by molar-refractivity contribution is 7.84. The summed E-state index contributed by atoms with van der Waals surface area (Å²) < 4.78 is 26.1. The van der Waals surface area contributed by atoms with E-state index < -0.39 is 21.5 Å². The van der Waals surface area contributed by atoms with Crippen molar-refractivity contribution in [3.05, 3.63) is 28.0 Å². The number of phenolic OH excluding ortho intramolecular Hbond substituents is 1. The molecule has 1 aromatic carbocycles. The predicted octanol–water partition coefficient (Wildman–Crippen LogP) is 3.37. The summed E-state index contributed by atoms with van der Waals surface area (Å²) in [6.45, 7) is 6.96. The van der Waals surface area contributed by atoms with Gasteiger partial charge in [-0.25, -0.2) is 8.60 Å². The zero-order chi connectivity index (χ0) is 18.1. The molecule has 1 saturated heterocycles. The lowest BCUT2D eigenvalue weighted by atomic mass is 9.75. The number of nitrogens with two attached hydrogens (primary N) is 1. The molecule has 0 saturated carbocycles. The largest absolute Gasteiger partial charge is 0.508 e. The van der Waals surface area contributed by atoms with Gasteiger partial charge in [-0.05, 0) is 76.6 Å². The van der Waals surface area contributed by atoms with E-state index in [1.54, 1.807) is 6.92 Å². The molecule has 24 heavy (non-hydrogen) atoms. The Bertz CT molecular complexity index is 634. The van der Waals surface area contributed by atoms with Gasteiger partial charge in [-0.3, -0.25) is 5.14 Å². The second-order valence-electron chi connectivity index (χ2n) is 7.21. The van der Waals surface area contributed by atoms with Gasteiger partial charge in [0.05, 0.1) is 20.8 Å². The van der Waals surface area contributed by atoms with E-state index in [-0.39, 0.29) is 28.2 Å². The molecule has 4 N–H and O–H groups in total. The van der Waals surface area contributed by atoms with Gasteiger partial charge in [0.25, 0.3) is 0 Å². The average Bonchev–Trinajstić information content (AvgIpc) is 2.52. The second-order valence-corrected chi connectivity index (χ2v) is 9.29. The fraction of sp³-hybridized carbons (Fsp3) is 0.647. The van der Waals surface area contributed by atoms with Crippen LogP contribution in [0.15, 0.2) is 6.07 Å². The van der Waals surface area contributed by atoms with Crippen LogP contribution in [0.5, 0.6) is 5.75 Å². The molecular formula is C17H26ClFN2O2S. The minimum Gasteiger partial charge on any atom is -0.508 e. The van der Waals surface area contributed by atoms with Crippen molar-refractivity contribution in [2.45, 2.75) is 50.7 Å². The number of hydrogen-bond donors (Lipinski definition) is 3. The molecule has 1 aliphatic rings. The number of aromatic hydroxyl groups is 1. The smallest absolute Gasteiger partial charge is 0.149 e. The third kappa shape index (κ3) is 4.10. The van der Waals surface area contributed by atoms with Crippen LogP contribution in [0.25, 0.3) is 0 Å². The van der Waals surface area contributed by atoms with Gasteiger partial charge in [-0.1, -0.05) is 11.6 Å². The summed E-state index contributed by atoms with van der Waals surface area (Å²) in [6.07, 6.45) is 2.15. The lowest BCUT2D eigenvalue weighted by Gasteiger charge is -2.36. The normalized spacial score (nSPS) is 19.2. The van der Waals surface area contributed by atoms with E-state index >= 15 is 0 Å². The predicted molar refractivity (Wildman–Crippen MR) is 97.2 cm³/mol. The second kappa shape index (κ2) is 7.68. The van der Waals surface area contributed by atoms with Crippen LogP contribution in [0, 0.1) is 18.7 Å². The summed E-state index contributed by atoms with van der Waals surface area (Å²) >= 11 is 6.09. The van der Waals surface area contributed by atoms with Gasteiger partial charge in [0.1, 0.15) is 11.6 Å². The molecule has 1 aromatic rings. The molecule has 2 rings (SSSR count). The summed E-state index contributed by atoms with van der Waals surface area (Å²) in [4.78, 5) is 0. The molecule has 0 amide bonds. The van der Waals surface area contributed by atoms with Crippen LogP contribution in [0.2, 0.25) is 5.02 Å². The van der Waals surface area contributed by atoms with Crippen molar-refractivity contribution in [3.63, 3.8) is 0 Å². The third-order valence-electron chi connectivity index (χ3n) is 4.98. The monoisotopic (exact) mass is 376 g/mol. The standard InChI is InChI=1S/C17H26ClFN2O2S/c1-10-8-13(22)14(16(19)15(10)18)12(9-17(2,3)24(20)23)11-4-6-21-7-5-11/h8,11-12,21-22H,4-7,9,20H2,1-3H3/t12-,24?/m1/s1. The molecule has 7 heteroatoms. The van der Waals surface area contributed by atoms with Gasteiger partial charge in [-0.2, -0.15) is 0 Å². The Morgan fingerprint density at radius 2 is 2.08 bits per heavy atom. The molecule has 1 aliphatic heterocycles. The van der Waals surface area contributed by atoms with Gasteiger partial charge in [0.15, 0.2) is 0 Å². The molecule has 0 radical (unpaired) electrons. The molecule has 0 aliphatic carbocycles. The molecular weight excluding hydrogens is 351 g/mol. The maximum atomic E-state index is 14.9. The average molecular weight is 377 g/mol. The number of nitrogens with one attached hydrogen (secondary N) is 1. The SMILES string of the molecule is Cc1cc(O)c([C@H](CC(C)(C)S(N)=O)C2CCNCC2)c(F)c1Cl. The fourth-order valence-electron chi connectivity index (χ4n) is 3.47. The van der Waals surface area contributed by atoms with Gasteiger partial charge in [0, 0.05) is 5.56 Å². The van der Waals surface area contributed by atoms with Crippen LogP contribution >= 0.6 is 11.6 Å². The summed E-state index contributed by atoms with van der Waals surface area (Å²) in [7, 11) is -1.55. The lowest BCUT2D eigenvalue weighted by Crippen LogP contribution is -2.38. The fourth-order valence-corrected chi connectivity index (χ4v) is 3.97. The highest BCUT2D eigenvalue weighted by Gasteiger charge is 2.37. The van der Waals surface area contributed by atoms with Crippen LogP contribution < -0.4 is 10.5 Å². The quantitative estimate of drug-likeness (QED) is 0.737. The third-order valence-corrected chi connectivity index (χ3v) is 6.70. The first kappa shape index (κ1) is 19.6. The number of rotatable bonds is 5. The minimum atomic E-state index is -1.55. The summed E-state index contributed by atoms with van der Waals surface area (Å²) in [5, 5.41) is 19.4. The zero-order valence-corrected chi connectivity index (χ0v) is 15.9. The van der Waals surface area contributed by atoms with Gasteiger partial charge < -0.3 is 10.4 Å². The first-order valence-electron chi connectivity index (χ1n) is 8.19. The van der Waals surface area contributed by atoms with E-state index in [2.05, 4.69) is 5.32 Å². The van der Waals surface area contributed by atoms with E-state index in [9.17, 15) is 13.7 Å². The Kier molecular flexibility index (Phi) is 6.29. The lowest BCUT2D eigenvalue weighted by molar-refractivity contribution is 0.282. The number of benzene rings is 1. The van der Waals surface area contributed by atoms with Crippen LogP contribution in [-0.2, 0) is 11.0 Å². The van der Waals surface area contributed by atoms with Crippen LogP contribution in [0.1, 0.15) is 50.2 Å². The number of aryl methyl sites for hydroxylation is 1. The highest BCUT2D eigenvalue weighted by atomic mass is 35.5. The van der Waals surface area contributed by atoms with Crippen molar-refractivity contribution in [2.24, 2.45) is 11.1 Å². The molecule has 1 unspecified atom stereocenters. The van der Waals surface area contributed by atoms with Gasteiger partial charge >= 0.3 is 0 Å². The van der Waals surface area contributed by atoms with Crippen LogP contribution in [0.3, 0.4) is 0 Å². The van der Waals surface area contributed by atoms with Crippen molar-refractivity contribution in [3.8, 4) is 5.75 Å². The summed E-state index contributed by atoms with van der Waals surface area (Å²) in [6, 6.07) is 1.50. The van der Waals surface area contributed by atoms with Crippen molar-refractivity contribution in [1.29, 1.82) is 0 Å². The van der Waals surface area contributed by atoms with Crippen molar-refractivity contribution >= 4 is 22.6 Å². The molecule has 1 heterocycles. The maximum absolute atomic E-state index is 14.9. The Balaban J connectivity index is 2.50. The Labute approximate surface area is 150 Å². The minimum absolute atomic E-state index is 0.0356. The number of piperidine rings is 1. The van der Waals surface area contributed by atoms with E-state index in [0.29, 0.717) is 12.0 Å². The number of phenols is 1. The number of halogens is 2. The van der Waals surface area contributed by atoms with Crippen molar-refractivity contribution in [1.82, 2.24) is 5.32 Å². The molecule has 1 fully saturated rings. The molecule has 2 atom stereocenters. The van der Waals surface area contributed by atoms with E-state index in [1.807, 2.05) is 13.8 Å². The molecule has 136 valence electrons. The first-order valence-corrected chi connectivity index (χ1v) is 9.78. The van der Waals surface area contributed by atoms with Crippen molar-refractivity contribution in [2.75, 3.05) is 13.1 Å². The highest BCUT2D eigenvalue weighted by Crippen LogP contribution is 2.45. The van der Waals surface area contributed by atoms with Gasteiger partial charge in [-0.15, -0.1) is 0 Å². The Morgan fingerprint density at radius 3 is 2.62 bits per heavy atom. The summed E-state index contributed by atoms with van der Waals surface area (Å²) in [5.74, 6) is -0.770. The topological polar surface area (TPSA) is 75.3 Å². The van der Waals surface area contributed by atoms with Crippen LogP contribution in [0.4, 0.5) is 4.39 Å². The number of hydrogen-bond acceptors (Lipinski definition) is 3. The van der Waals surface area contributed by atoms with E-state index in [0.717, 1.165) is 25.9 Å². The van der Waals surface area contributed by atoms with E-state index in [1.165, 1.54) is 6.07 Å². The molecule has 0 spiro atoms. The van der Waals surface area contributed by atoms with Gasteiger partial charge in [0.2, 0.25) is 0 Å². The molecule has 0 bridgehead atoms. The van der Waals surface area contributed by atoms with E-state index in [4.69, 9.17) is 16.7 Å². The Hall–Kier alpha value is -0.690. The molecule has 0 aromatic heterocycles. The van der Waals surface area contributed by atoms with Crippen molar-refractivity contribution < 1.29 is 13.7 Å². The summed E-state index contributed by atoms with van der Waals surface area (Å²) in [5.41, 5.74) is 0.733. The zero-order valence-electron chi connectivity index (χ0n) is 14.4. The van der Waals surface area contributed by atoms with Crippen LogP contribution in [-0.4, -0.2) is 27.2 Å². The molecule has 4 nitrogen and oxygen atoms in total. The first-order chi connectivity index (χ1) is 11.1. The Morgan fingerprint density at radius 1 is 1.50 bits per heavy atom.